The maximum Gasteiger partial charge on any atom is 0.343 e. The standard InChI is InChI=1S/C22H20NO2/c1-16(15-17-5-3-2-4-6-17)18-9-13-21(14-10-18)25-22(24)19-7-11-20(23)12-8-19/h3-14,16H,15,23H2,1H3. The van der Waals surface area contributed by atoms with E-state index >= 15 is 0 Å². The zero-order chi connectivity index (χ0) is 17.6. The Morgan fingerprint density at radius 2 is 1.64 bits per heavy atom. The van der Waals surface area contributed by atoms with Gasteiger partial charge in [0.05, 0.1) is 5.56 Å². The molecule has 1 atom stereocenters. The van der Waals surface area contributed by atoms with Crippen molar-refractivity contribution in [3.8, 4) is 5.75 Å². The van der Waals surface area contributed by atoms with Crippen molar-refractivity contribution in [2.24, 2.45) is 0 Å². The molecule has 0 aliphatic rings. The molecular weight excluding hydrogens is 310 g/mol. The summed E-state index contributed by atoms with van der Waals surface area (Å²) >= 11 is 0. The average molecular weight is 330 g/mol. The number of benzene rings is 3. The molecule has 2 N–H and O–H groups in total. The van der Waals surface area contributed by atoms with Crippen LogP contribution >= 0.6 is 0 Å². The van der Waals surface area contributed by atoms with E-state index < -0.39 is 0 Å². The number of nitrogen functional groups attached to an aromatic ring is 1. The predicted octanol–water partition coefficient (Wildman–Crippen LogP) is 4.63. The highest BCUT2D eigenvalue weighted by molar-refractivity contribution is 5.91. The molecule has 3 aromatic rings. The van der Waals surface area contributed by atoms with Gasteiger partial charge in [0.15, 0.2) is 0 Å². The highest BCUT2D eigenvalue weighted by Gasteiger charge is 2.10. The fraction of sp³-hybridized carbons (Fsp3) is 0.136. The van der Waals surface area contributed by atoms with Gasteiger partial charge in [0.1, 0.15) is 5.75 Å². The zero-order valence-electron chi connectivity index (χ0n) is 14.1. The number of anilines is 1. The van der Waals surface area contributed by atoms with Crippen LogP contribution in [0.5, 0.6) is 5.75 Å². The highest BCUT2D eigenvalue weighted by Crippen LogP contribution is 2.23. The molecule has 0 fully saturated rings. The van der Waals surface area contributed by atoms with E-state index in [1.165, 1.54) is 11.1 Å². The molecule has 1 radical (unpaired) electrons. The van der Waals surface area contributed by atoms with Crippen molar-refractivity contribution in [3.63, 3.8) is 0 Å². The smallest absolute Gasteiger partial charge is 0.343 e. The second kappa shape index (κ2) is 7.67. The molecule has 0 bridgehead atoms. The number of hydrogen-bond donors (Lipinski definition) is 1. The minimum absolute atomic E-state index is 0.379. The highest BCUT2D eigenvalue weighted by atomic mass is 16.5. The summed E-state index contributed by atoms with van der Waals surface area (Å²) in [5.74, 6) is 0.526. The van der Waals surface area contributed by atoms with E-state index in [4.69, 9.17) is 10.5 Å². The molecule has 0 heterocycles. The van der Waals surface area contributed by atoms with Crippen molar-refractivity contribution in [1.29, 1.82) is 0 Å². The lowest BCUT2D eigenvalue weighted by molar-refractivity contribution is 0.0735. The SMILES string of the molecule is CC(Cc1cc[c]cc1)c1ccc(OC(=O)c2ccc(N)cc2)cc1. The first-order chi connectivity index (χ1) is 12.1. The molecule has 3 heteroatoms. The minimum Gasteiger partial charge on any atom is -0.423 e. The third-order valence-electron chi connectivity index (χ3n) is 4.14. The number of ether oxygens (including phenoxy) is 1. The second-order valence-corrected chi connectivity index (χ2v) is 6.09. The molecule has 0 aliphatic carbocycles. The third kappa shape index (κ3) is 4.48. The van der Waals surface area contributed by atoms with Gasteiger partial charge in [-0.1, -0.05) is 43.3 Å². The molecule has 3 rings (SSSR count). The Morgan fingerprint density at radius 3 is 2.28 bits per heavy atom. The second-order valence-electron chi connectivity index (χ2n) is 6.09. The number of hydrogen-bond acceptors (Lipinski definition) is 3. The van der Waals surface area contributed by atoms with Crippen molar-refractivity contribution >= 4 is 11.7 Å². The first-order valence-corrected chi connectivity index (χ1v) is 8.24. The summed E-state index contributed by atoms with van der Waals surface area (Å²) in [5.41, 5.74) is 9.21. The minimum atomic E-state index is -0.388. The molecule has 0 amide bonds. The number of nitrogens with two attached hydrogens (primary N) is 1. The summed E-state index contributed by atoms with van der Waals surface area (Å²) in [6.45, 7) is 2.19. The van der Waals surface area contributed by atoms with E-state index in [1.54, 1.807) is 24.3 Å². The Hall–Kier alpha value is -3.07. The Bertz CT molecular complexity index is 824. The van der Waals surface area contributed by atoms with Crippen LogP contribution in [0.25, 0.3) is 0 Å². The Balaban J connectivity index is 1.63. The molecule has 3 aromatic carbocycles. The van der Waals surface area contributed by atoms with Crippen LogP contribution in [0.15, 0.2) is 72.8 Å². The van der Waals surface area contributed by atoms with E-state index in [1.807, 2.05) is 36.4 Å². The molecule has 1 unspecified atom stereocenters. The first kappa shape index (κ1) is 16.8. The summed E-state index contributed by atoms with van der Waals surface area (Å²) in [5, 5.41) is 0. The van der Waals surface area contributed by atoms with Gasteiger partial charge in [0.25, 0.3) is 0 Å². The summed E-state index contributed by atoms with van der Waals surface area (Å²) in [7, 11) is 0. The van der Waals surface area contributed by atoms with Gasteiger partial charge >= 0.3 is 5.97 Å². The van der Waals surface area contributed by atoms with Crippen LogP contribution in [0, 0.1) is 6.07 Å². The summed E-state index contributed by atoms with van der Waals surface area (Å²) in [4.78, 5) is 12.1. The molecule has 125 valence electrons. The lowest BCUT2D eigenvalue weighted by Gasteiger charge is -2.13. The lowest BCUT2D eigenvalue weighted by atomic mass is 9.94. The van der Waals surface area contributed by atoms with Crippen LogP contribution in [0.1, 0.15) is 34.3 Å². The monoisotopic (exact) mass is 330 g/mol. The van der Waals surface area contributed by atoms with E-state index in [2.05, 4.69) is 25.1 Å². The number of carbonyl (C=O) groups is 1. The van der Waals surface area contributed by atoms with Crippen LogP contribution in [0.2, 0.25) is 0 Å². The van der Waals surface area contributed by atoms with Crippen LogP contribution in [-0.2, 0) is 6.42 Å². The maximum atomic E-state index is 12.1. The Labute approximate surface area is 148 Å². The average Bonchev–Trinajstić information content (AvgIpc) is 2.63. The molecular formula is C22H20NO2. The molecule has 0 aromatic heterocycles. The van der Waals surface area contributed by atoms with Crippen LogP contribution in [0.3, 0.4) is 0 Å². The molecule has 3 nitrogen and oxygen atoms in total. The van der Waals surface area contributed by atoms with Crippen molar-refractivity contribution in [1.82, 2.24) is 0 Å². The summed E-state index contributed by atoms with van der Waals surface area (Å²) in [6, 6.07) is 25.4. The first-order valence-electron chi connectivity index (χ1n) is 8.24. The fourth-order valence-corrected chi connectivity index (χ4v) is 2.68. The van der Waals surface area contributed by atoms with Gasteiger partial charge in [-0.2, -0.15) is 0 Å². The maximum absolute atomic E-state index is 12.1. The normalized spacial score (nSPS) is 11.7. The van der Waals surface area contributed by atoms with Gasteiger partial charge in [-0.15, -0.1) is 0 Å². The Morgan fingerprint density at radius 1 is 1.00 bits per heavy atom. The van der Waals surface area contributed by atoms with Gasteiger partial charge in [-0.05, 0) is 65.9 Å². The van der Waals surface area contributed by atoms with Gasteiger partial charge in [0.2, 0.25) is 0 Å². The largest absolute Gasteiger partial charge is 0.423 e. The number of rotatable bonds is 5. The summed E-state index contributed by atoms with van der Waals surface area (Å²) < 4.78 is 5.41. The molecule has 0 saturated heterocycles. The number of esters is 1. The van der Waals surface area contributed by atoms with Crippen LogP contribution in [0.4, 0.5) is 5.69 Å². The number of carbonyl (C=O) groups excluding carboxylic acids is 1. The van der Waals surface area contributed by atoms with Gasteiger partial charge in [-0.3, -0.25) is 0 Å². The van der Waals surface area contributed by atoms with Crippen molar-refractivity contribution in [3.05, 3.63) is 95.6 Å². The van der Waals surface area contributed by atoms with Gasteiger partial charge < -0.3 is 10.5 Å². The van der Waals surface area contributed by atoms with Crippen molar-refractivity contribution in [2.45, 2.75) is 19.3 Å². The van der Waals surface area contributed by atoms with E-state index in [-0.39, 0.29) is 5.97 Å². The zero-order valence-corrected chi connectivity index (χ0v) is 14.1. The van der Waals surface area contributed by atoms with E-state index in [9.17, 15) is 4.79 Å². The third-order valence-corrected chi connectivity index (χ3v) is 4.14. The molecule has 0 aliphatic heterocycles. The Kier molecular flexibility index (Phi) is 5.14. The molecule has 25 heavy (non-hydrogen) atoms. The van der Waals surface area contributed by atoms with Crippen molar-refractivity contribution < 1.29 is 9.53 Å². The van der Waals surface area contributed by atoms with Gasteiger partial charge in [-0.25, -0.2) is 4.79 Å². The van der Waals surface area contributed by atoms with Crippen molar-refractivity contribution in [2.75, 3.05) is 5.73 Å². The predicted molar refractivity (Wildman–Crippen MR) is 99.7 cm³/mol. The topological polar surface area (TPSA) is 52.3 Å². The van der Waals surface area contributed by atoms with E-state index in [0.29, 0.717) is 22.9 Å². The quantitative estimate of drug-likeness (QED) is 0.421. The van der Waals surface area contributed by atoms with Crippen LogP contribution in [-0.4, -0.2) is 5.97 Å². The fourth-order valence-electron chi connectivity index (χ4n) is 2.68. The summed E-state index contributed by atoms with van der Waals surface area (Å²) in [6.07, 6.45) is 0.958. The van der Waals surface area contributed by atoms with Gasteiger partial charge in [0, 0.05) is 5.69 Å². The molecule has 0 spiro atoms. The molecule has 0 saturated carbocycles. The van der Waals surface area contributed by atoms with E-state index in [0.717, 1.165) is 6.42 Å². The van der Waals surface area contributed by atoms with Crippen LogP contribution < -0.4 is 10.5 Å². The lowest BCUT2D eigenvalue weighted by Crippen LogP contribution is -2.08.